The Morgan fingerprint density at radius 2 is 1.77 bits per heavy atom. The summed E-state index contributed by atoms with van der Waals surface area (Å²) in [4.78, 5) is 5.46. The molecule has 0 aliphatic heterocycles. The van der Waals surface area contributed by atoms with Gasteiger partial charge in [0.1, 0.15) is 0 Å². The summed E-state index contributed by atoms with van der Waals surface area (Å²) in [7, 11) is 0. The molecule has 2 atom stereocenters. The molecule has 2 unspecified atom stereocenters. The summed E-state index contributed by atoms with van der Waals surface area (Å²) in [5.74, 6) is 2.00. The number of allylic oxidation sites excluding steroid dienone is 7. The van der Waals surface area contributed by atoms with Crippen molar-refractivity contribution in [2.45, 2.75) is 98.3 Å². The van der Waals surface area contributed by atoms with Crippen molar-refractivity contribution in [3.63, 3.8) is 0 Å². The summed E-state index contributed by atoms with van der Waals surface area (Å²) < 4.78 is 0. The molecule has 2 nitrogen and oxygen atoms in total. The van der Waals surface area contributed by atoms with Gasteiger partial charge in [0.2, 0.25) is 0 Å². The standard InChI is InChI=1S/C45H56N2S/c1-29(2)27-34-16-21-35(22-17-34)39(26-20-33-18-23-37(48-6)24-19-33)43(46)42(36-12-8-7-9-13-36)45-40-14-10-11-31(4)41(40)44(47-45)38-25-15-30(3)28-32(38)5/h10,14-18,21-26,28-29,31,33,36,47H,7-9,11-13,19-20,27,46H2,1-6H3/b39-26-,43-42-. The number of hydrogen-bond donors (Lipinski definition) is 2. The van der Waals surface area contributed by atoms with Crippen LogP contribution < -0.4 is 5.73 Å². The number of aromatic nitrogens is 1. The highest BCUT2D eigenvalue weighted by atomic mass is 32.2. The van der Waals surface area contributed by atoms with Gasteiger partial charge in [-0.3, -0.25) is 0 Å². The maximum atomic E-state index is 7.63. The van der Waals surface area contributed by atoms with Crippen molar-refractivity contribution in [2.24, 2.45) is 23.5 Å². The van der Waals surface area contributed by atoms with Crippen LogP contribution in [-0.4, -0.2) is 11.2 Å². The van der Waals surface area contributed by atoms with Crippen molar-refractivity contribution in [3.05, 3.63) is 123 Å². The van der Waals surface area contributed by atoms with Crippen LogP contribution in [0.2, 0.25) is 0 Å². The average molecular weight is 657 g/mol. The van der Waals surface area contributed by atoms with Crippen LogP contribution in [0.1, 0.15) is 117 Å². The molecule has 0 saturated heterocycles. The van der Waals surface area contributed by atoms with E-state index >= 15 is 0 Å². The smallest absolute Gasteiger partial charge is 0.0517 e. The lowest BCUT2D eigenvalue weighted by Crippen LogP contribution is -2.16. The summed E-state index contributed by atoms with van der Waals surface area (Å²) in [6.45, 7) is 11.4. The Morgan fingerprint density at radius 3 is 2.44 bits per heavy atom. The van der Waals surface area contributed by atoms with Gasteiger partial charge in [0.15, 0.2) is 0 Å². The molecule has 0 radical (unpaired) electrons. The van der Waals surface area contributed by atoms with Crippen LogP contribution in [0.5, 0.6) is 0 Å². The van der Waals surface area contributed by atoms with Crippen LogP contribution in [0.15, 0.2) is 83.4 Å². The highest BCUT2D eigenvalue weighted by molar-refractivity contribution is 8.02. The maximum Gasteiger partial charge on any atom is 0.0517 e. The first kappa shape index (κ1) is 34.4. The lowest BCUT2D eigenvalue weighted by molar-refractivity contribution is 0.428. The molecular formula is C45H56N2S. The summed E-state index contributed by atoms with van der Waals surface area (Å²) >= 11 is 1.83. The van der Waals surface area contributed by atoms with E-state index in [1.54, 1.807) is 0 Å². The molecule has 48 heavy (non-hydrogen) atoms. The molecule has 0 spiro atoms. The molecule has 3 heteroatoms. The molecule has 1 fully saturated rings. The second-order valence-electron chi connectivity index (χ2n) is 15.0. The van der Waals surface area contributed by atoms with E-state index in [9.17, 15) is 0 Å². The number of benzene rings is 2. The molecule has 3 aliphatic rings. The summed E-state index contributed by atoms with van der Waals surface area (Å²) in [6.07, 6.45) is 26.9. The van der Waals surface area contributed by atoms with E-state index in [1.165, 1.54) is 98.5 Å². The van der Waals surface area contributed by atoms with Crippen LogP contribution in [0.25, 0.3) is 28.5 Å². The van der Waals surface area contributed by atoms with E-state index in [2.05, 4.69) is 125 Å². The van der Waals surface area contributed by atoms with Crippen LogP contribution in [-0.2, 0) is 6.42 Å². The third kappa shape index (κ3) is 7.57. The number of fused-ring (bicyclic) bond motifs is 1. The minimum Gasteiger partial charge on any atom is -0.398 e. The first-order valence-corrected chi connectivity index (χ1v) is 19.7. The summed E-state index contributed by atoms with van der Waals surface area (Å²) in [5.41, 5.74) is 23.0. The topological polar surface area (TPSA) is 41.8 Å². The Kier molecular flexibility index (Phi) is 11.1. The molecule has 1 aromatic heterocycles. The lowest BCUT2D eigenvalue weighted by Gasteiger charge is -2.28. The molecule has 3 aromatic rings. The second-order valence-corrected chi connectivity index (χ2v) is 15.9. The Hall–Kier alpha value is -3.43. The molecule has 1 saturated carbocycles. The molecule has 3 aliphatic carbocycles. The molecule has 6 rings (SSSR count). The number of rotatable bonds is 10. The highest BCUT2D eigenvalue weighted by Gasteiger charge is 2.31. The van der Waals surface area contributed by atoms with E-state index in [-0.39, 0.29) is 0 Å². The Labute approximate surface area is 294 Å². The normalized spacial score (nSPS) is 20.6. The van der Waals surface area contributed by atoms with Gasteiger partial charge in [-0.1, -0.05) is 125 Å². The first-order chi connectivity index (χ1) is 23.2. The van der Waals surface area contributed by atoms with Gasteiger partial charge < -0.3 is 10.7 Å². The van der Waals surface area contributed by atoms with Crippen LogP contribution in [0.4, 0.5) is 0 Å². The average Bonchev–Trinajstić information content (AvgIpc) is 3.46. The van der Waals surface area contributed by atoms with Crippen molar-refractivity contribution in [1.29, 1.82) is 0 Å². The third-order valence-corrected chi connectivity index (χ3v) is 11.6. The van der Waals surface area contributed by atoms with Crippen molar-refractivity contribution in [3.8, 4) is 11.3 Å². The van der Waals surface area contributed by atoms with Gasteiger partial charge in [0, 0.05) is 32.9 Å². The number of nitrogens with one attached hydrogen (secondary N) is 1. The van der Waals surface area contributed by atoms with Gasteiger partial charge in [-0.05, 0) is 105 Å². The summed E-state index contributed by atoms with van der Waals surface area (Å²) in [6, 6.07) is 16.2. The Bertz CT molecular complexity index is 1750. The molecule has 2 aromatic carbocycles. The molecule has 3 N–H and O–H groups in total. The third-order valence-electron chi connectivity index (χ3n) is 10.8. The fourth-order valence-electron chi connectivity index (χ4n) is 8.25. The zero-order chi connectivity index (χ0) is 33.8. The quantitative estimate of drug-likeness (QED) is 0.213. The van der Waals surface area contributed by atoms with Crippen LogP contribution >= 0.6 is 11.8 Å². The number of aryl methyl sites for hydroxylation is 2. The lowest BCUT2D eigenvalue weighted by atomic mass is 9.78. The van der Waals surface area contributed by atoms with Crippen molar-refractivity contribution < 1.29 is 0 Å². The predicted molar refractivity (Wildman–Crippen MR) is 212 cm³/mol. The summed E-state index contributed by atoms with van der Waals surface area (Å²) in [5, 5.41) is 0. The van der Waals surface area contributed by atoms with Gasteiger partial charge in [-0.25, -0.2) is 0 Å². The molecule has 0 amide bonds. The second kappa shape index (κ2) is 15.4. The molecule has 0 bridgehead atoms. The van der Waals surface area contributed by atoms with Gasteiger partial charge in [0.25, 0.3) is 0 Å². The van der Waals surface area contributed by atoms with Crippen LogP contribution in [0, 0.1) is 31.6 Å². The van der Waals surface area contributed by atoms with E-state index < -0.39 is 0 Å². The minimum absolute atomic E-state index is 0.435. The Morgan fingerprint density at radius 1 is 1.00 bits per heavy atom. The van der Waals surface area contributed by atoms with E-state index in [0.29, 0.717) is 23.7 Å². The molecule has 252 valence electrons. The van der Waals surface area contributed by atoms with Gasteiger partial charge in [0.05, 0.1) is 11.4 Å². The van der Waals surface area contributed by atoms with Gasteiger partial charge in [-0.15, -0.1) is 11.8 Å². The van der Waals surface area contributed by atoms with Crippen molar-refractivity contribution in [2.75, 3.05) is 6.26 Å². The van der Waals surface area contributed by atoms with Gasteiger partial charge in [-0.2, -0.15) is 0 Å². The fourth-order valence-corrected chi connectivity index (χ4v) is 8.73. The number of aromatic amines is 1. The van der Waals surface area contributed by atoms with Crippen molar-refractivity contribution >= 4 is 29.0 Å². The zero-order valence-electron chi connectivity index (χ0n) is 30.2. The number of H-pyrrole nitrogens is 1. The van der Waals surface area contributed by atoms with E-state index in [0.717, 1.165) is 31.4 Å². The molecular weight excluding hydrogens is 601 g/mol. The number of nitrogens with two attached hydrogens (primary N) is 1. The molecule has 1 heterocycles. The number of thioether (sulfide) groups is 1. The predicted octanol–water partition coefficient (Wildman–Crippen LogP) is 12.6. The van der Waals surface area contributed by atoms with E-state index in [4.69, 9.17) is 5.73 Å². The first-order valence-electron chi connectivity index (χ1n) is 18.5. The maximum absolute atomic E-state index is 7.63. The number of hydrogen-bond acceptors (Lipinski definition) is 2. The van der Waals surface area contributed by atoms with E-state index in [1.807, 2.05) is 11.8 Å². The SMILES string of the molecule is CSC1=CCC(C/C=C(\C(N)=C(\c2[nH]c(-c3ccc(C)cc3C)c3c2C=CCC3C)C2CCCCC2)c2ccc(CC(C)C)cc2)C=C1. The highest BCUT2D eigenvalue weighted by Crippen LogP contribution is 2.47. The van der Waals surface area contributed by atoms with Crippen molar-refractivity contribution in [1.82, 2.24) is 4.98 Å². The monoisotopic (exact) mass is 656 g/mol. The van der Waals surface area contributed by atoms with Gasteiger partial charge >= 0.3 is 0 Å². The fraction of sp³-hybridized carbons (Fsp3) is 0.422. The minimum atomic E-state index is 0.435. The zero-order valence-corrected chi connectivity index (χ0v) is 31.0. The largest absolute Gasteiger partial charge is 0.398 e. The Balaban J connectivity index is 1.53. The van der Waals surface area contributed by atoms with Crippen LogP contribution in [0.3, 0.4) is 0 Å².